The van der Waals surface area contributed by atoms with E-state index in [1.54, 1.807) is 12.1 Å². The third-order valence-corrected chi connectivity index (χ3v) is 6.15. The average molecular weight is 372 g/mol. The second-order valence-corrected chi connectivity index (χ2v) is 8.48. The van der Waals surface area contributed by atoms with Gasteiger partial charge >= 0.3 is 0 Å². The van der Waals surface area contributed by atoms with E-state index in [4.69, 9.17) is 0 Å². The van der Waals surface area contributed by atoms with E-state index in [-0.39, 0.29) is 16.7 Å². The lowest BCUT2D eigenvalue weighted by Gasteiger charge is -2.33. The molecule has 0 spiro atoms. The lowest BCUT2D eigenvalue weighted by Crippen LogP contribution is -2.47. The van der Waals surface area contributed by atoms with Crippen LogP contribution in [-0.2, 0) is 16.6 Å². The summed E-state index contributed by atoms with van der Waals surface area (Å²) in [5, 5.41) is 0. The number of benzene rings is 2. The fourth-order valence-corrected chi connectivity index (χ4v) is 4.61. The minimum Gasteiger partial charge on any atom is -0.298 e. The molecule has 0 aromatic heterocycles. The van der Waals surface area contributed by atoms with E-state index in [0.717, 1.165) is 25.9 Å². The maximum atomic E-state index is 12.7. The molecule has 2 aromatic rings. The monoisotopic (exact) mass is 372 g/mol. The Kier molecular flexibility index (Phi) is 5.86. The fourth-order valence-electron chi connectivity index (χ4n) is 3.31. The molecule has 1 aliphatic rings. The summed E-state index contributed by atoms with van der Waals surface area (Å²) in [6.07, 6.45) is 1.77. The van der Waals surface area contributed by atoms with Crippen LogP contribution in [0.15, 0.2) is 59.5 Å². The Bertz CT molecular complexity index is 866. The molecule has 138 valence electrons. The molecular formula is C20H24N2O3S. The van der Waals surface area contributed by atoms with Crippen LogP contribution in [0, 0.1) is 0 Å². The van der Waals surface area contributed by atoms with Crippen molar-refractivity contribution in [1.82, 2.24) is 9.62 Å². The molecule has 26 heavy (non-hydrogen) atoms. The molecule has 1 unspecified atom stereocenters. The number of sulfonamides is 1. The number of carbonyl (C=O) groups excluding carboxylic acids is 1. The smallest absolute Gasteiger partial charge is 0.240 e. The molecule has 1 fully saturated rings. The molecule has 3 rings (SSSR count). The highest BCUT2D eigenvalue weighted by molar-refractivity contribution is 7.89. The van der Waals surface area contributed by atoms with Crippen molar-refractivity contribution >= 4 is 15.8 Å². The summed E-state index contributed by atoms with van der Waals surface area (Å²) in [4.78, 5) is 13.9. The van der Waals surface area contributed by atoms with E-state index in [0.29, 0.717) is 12.1 Å². The van der Waals surface area contributed by atoms with Gasteiger partial charge in [-0.05, 0) is 44.0 Å². The SMILES string of the molecule is CC(=O)c1cccc(S(=O)(=O)NC2CCCN(Cc3ccccc3)C2)c1. The highest BCUT2D eigenvalue weighted by Crippen LogP contribution is 2.17. The Morgan fingerprint density at radius 1 is 1.15 bits per heavy atom. The Morgan fingerprint density at radius 3 is 2.65 bits per heavy atom. The molecule has 5 nitrogen and oxygen atoms in total. The van der Waals surface area contributed by atoms with Crippen molar-refractivity contribution in [2.45, 2.75) is 37.2 Å². The van der Waals surface area contributed by atoms with E-state index >= 15 is 0 Å². The Labute approximate surface area is 155 Å². The van der Waals surface area contributed by atoms with Gasteiger partial charge in [0.1, 0.15) is 0 Å². The van der Waals surface area contributed by atoms with Gasteiger partial charge in [0.25, 0.3) is 0 Å². The van der Waals surface area contributed by atoms with Gasteiger partial charge in [0.05, 0.1) is 4.90 Å². The van der Waals surface area contributed by atoms with Crippen LogP contribution in [-0.4, -0.2) is 38.2 Å². The van der Waals surface area contributed by atoms with E-state index in [1.165, 1.54) is 24.6 Å². The average Bonchev–Trinajstić information content (AvgIpc) is 2.62. The van der Waals surface area contributed by atoms with E-state index < -0.39 is 10.0 Å². The summed E-state index contributed by atoms with van der Waals surface area (Å²) in [6, 6.07) is 16.3. The van der Waals surface area contributed by atoms with Gasteiger partial charge in [0.2, 0.25) is 10.0 Å². The molecular weight excluding hydrogens is 348 g/mol. The zero-order valence-corrected chi connectivity index (χ0v) is 15.7. The second kappa shape index (κ2) is 8.12. The Hall–Kier alpha value is -2.02. The van der Waals surface area contributed by atoms with Crippen molar-refractivity contribution in [2.24, 2.45) is 0 Å². The molecule has 6 heteroatoms. The van der Waals surface area contributed by atoms with Gasteiger partial charge in [-0.25, -0.2) is 13.1 Å². The number of rotatable bonds is 6. The van der Waals surface area contributed by atoms with Crippen LogP contribution in [0.3, 0.4) is 0 Å². The summed E-state index contributed by atoms with van der Waals surface area (Å²) in [6.45, 7) is 3.90. The number of nitrogens with one attached hydrogen (secondary N) is 1. The van der Waals surface area contributed by atoms with Crippen molar-refractivity contribution in [3.05, 3.63) is 65.7 Å². The van der Waals surface area contributed by atoms with Crippen LogP contribution >= 0.6 is 0 Å². The summed E-state index contributed by atoms with van der Waals surface area (Å²) in [7, 11) is -3.64. The number of piperidine rings is 1. The second-order valence-electron chi connectivity index (χ2n) is 6.77. The number of ketones is 1. The molecule has 1 saturated heterocycles. The number of hydrogen-bond acceptors (Lipinski definition) is 4. The topological polar surface area (TPSA) is 66.5 Å². The molecule has 0 bridgehead atoms. The lowest BCUT2D eigenvalue weighted by atomic mass is 10.1. The van der Waals surface area contributed by atoms with Crippen molar-refractivity contribution in [1.29, 1.82) is 0 Å². The molecule has 0 aliphatic carbocycles. The third-order valence-electron chi connectivity index (χ3n) is 4.63. The third kappa shape index (κ3) is 4.78. The standard InChI is InChI=1S/C20H24N2O3S/c1-16(23)18-9-5-11-20(13-18)26(24,25)21-19-10-6-12-22(15-19)14-17-7-3-2-4-8-17/h2-5,7-9,11,13,19,21H,6,10,12,14-15H2,1H3. The fraction of sp³-hybridized carbons (Fsp3) is 0.350. The maximum absolute atomic E-state index is 12.7. The number of nitrogens with zero attached hydrogens (tertiary/aromatic N) is 1. The number of likely N-dealkylation sites (tertiary alicyclic amines) is 1. The first-order valence-corrected chi connectivity index (χ1v) is 10.3. The molecule has 0 saturated carbocycles. The molecule has 2 aromatic carbocycles. The van der Waals surface area contributed by atoms with Crippen molar-refractivity contribution in [2.75, 3.05) is 13.1 Å². The summed E-state index contributed by atoms with van der Waals surface area (Å²) < 4.78 is 28.2. The van der Waals surface area contributed by atoms with Crippen LogP contribution in [0.4, 0.5) is 0 Å². The lowest BCUT2D eigenvalue weighted by molar-refractivity contribution is 0.101. The van der Waals surface area contributed by atoms with Gasteiger partial charge < -0.3 is 0 Å². The highest BCUT2D eigenvalue weighted by Gasteiger charge is 2.25. The predicted molar refractivity (Wildman–Crippen MR) is 102 cm³/mol. The van der Waals surface area contributed by atoms with Gasteiger partial charge in [0.15, 0.2) is 5.78 Å². The molecule has 1 aliphatic heterocycles. The van der Waals surface area contributed by atoms with Crippen LogP contribution in [0.1, 0.15) is 35.7 Å². The molecule has 1 heterocycles. The van der Waals surface area contributed by atoms with Crippen molar-refractivity contribution in [3.8, 4) is 0 Å². The molecule has 1 N–H and O–H groups in total. The Morgan fingerprint density at radius 2 is 1.92 bits per heavy atom. The maximum Gasteiger partial charge on any atom is 0.240 e. The van der Waals surface area contributed by atoms with Crippen LogP contribution in [0.25, 0.3) is 0 Å². The van der Waals surface area contributed by atoms with E-state index in [1.807, 2.05) is 18.2 Å². The zero-order chi connectivity index (χ0) is 18.6. The first-order chi connectivity index (χ1) is 12.4. The first-order valence-electron chi connectivity index (χ1n) is 8.84. The summed E-state index contributed by atoms with van der Waals surface area (Å²) >= 11 is 0. The Balaban J connectivity index is 1.67. The molecule has 0 amide bonds. The highest BCUT2D eigenvalue weighted by atomic mass is 32.2. The zero-order valence-electron chi connectivity index (χ0n) is 14.9. The quantitative estimate of drug-likeness (QED) is 0.792. The van der Waals surface area contributed by atoms with Gasteiger partial charge in [-0.15, -0.1) is 0 Å². The number of hydrogen-bond donors (Lipinski definition) is 1. The van der Waals surface area contributed by atoms with Crippen LogP contribution < -0.4 is 4.72 Å². The van der Waals surface area contributed by atoms with Gasteiger partial charge in [-0.3, -0.25) is 9.69 Å². The number of Topliss-reactive ketones (excluding diaryl/α,β-unsaturated/α-hetero) is 1. The van der Waals surface area contributed by atoms with Gasteiger partial charge in [-0.1, -0.05) is 42.5 Å². The van der Waals surface area contributed by atoms with Crippen LogP contribution in [0.2, 0.25) is 0 Å². The van der Waals surface area contributed by atoms with Gasteiger partial charge in [0, 0.05) is 24.7 Å². The minimum absolute atomic E-state index is 0.126. The summed E-state index contributed by atoms with van der Waals surface area (Å²) in [5.74, 6) is -0.145. The summed E-state index contributed by atoms with van der Waals surface area (Å²) in [5.41, 5.74) is 1.63. The predicted octanol–water partition coefficient (Wildman–Crippen LogP) is 2.83. The van der Waals surface area contributed by atoms with Crippen molar-refractivity contribution in [3.63, 3.8) is 0 Å². The molecule has 0 radical (unpaired) electrons. The number of carbonyl (C=O) groups is 1. The van der Waals surface area contributed by atoms with Crippen LogP contribution in [0.5, 0.6) is 0 Å². The van der Waals surface area contributed by atoms with E-state index in [2.05, 4.69) is 21.8 Å². The van der Waals surface area contributed by atoms with E-state index in [9.17, 15) is 13.2 Å². The molecule has 1 atom stereocenters. The minimum atomic E-state index is -3.64. The first kappa shape index (κ1) is 18.8. The largest absolute Gasteiger partial charge is 0.298 e. The van der Waals surface area contributed by atoms with Crippen molar-refractivity contribution < 1.29 is 13.2 Å². The normalized spacial score (nSPS) is 18.6. The van der Waals surface area contributed by atoms with Gasteiger partial charge in [-0.2, -0.15) is 0 Å².